The summed E-state index contributed by atoms with van der Waals surface area (Å²) in [6.45, 7) is 7.82. The summed E-state index contributed by atoms with van der Waals surface area (Å²) in [5.41, 5.74) is 3.86. The Balaban J connectivity index is 2.19. The lowest BCUT2D eigenvalue weighted by atomic mass is 10.1. The van der Waals surface area contributed by atoms with Crippen molar-refractivity contribution in [3.05, 3.63) is 29.3 Å². The monoisotopic (exact) mass is 252 g/mol. The maximum Gasteiger partial charge on any atom is 0.0476 e. The van der Waals surface area contributed by atoms with Gasteiger partial charge in [0.05, 0.1) is 0 Å². The van der Waals surface area contributed by atoms with Crippen molar-refractivity contribution in [3.63, 3.8) is 0 Å². The molecule has 2 rings (SSSR count). The Labute approximate surface area is 109 Å². The molecule has 1 aromatic carbocycles. The molecule has 0 spiro atoms. The molecule has 0 bridgehead atoms. The highest BCUT2D eigenvalue weighted by molar-refractivity contribution is 6.17. The molecule has 17 heavy (non-hydrogen) atoms. The Morgan fingerprint density at radius 1 is 1.35 bits per heavy atom. The molecule has 0 aliphatic carbocycles. The van der Waals surface area contributed by atoms with Crippen LogP contribution in [0.15, 0.2) is 18.2 Å². The van der Waals surface area contributed by atoms with Gasteiger partial charge in [-0.2, -0.15) is 0 Å². The summed E-state index contributed by atoms with van der Waals surface area (Å²) < 4.78 is 0. The van der Waals surface area contributed by atoms with E-state index in [0.29, 0.717) is 11.9 Å². The van der Waals surface area contributed by atoms with Gasteiger partial charge in [0.15, 0.2) is 0 Å². The largest absolute Gasteiger partial charge is 0.366 e. The number of nitrogens with zero attached hydrogens (tertiary/aromatic N) is 2. The molecule has 2 nitrogen and oxygen atoms in total. The van der Waals surface area contributed by atoms with Crippen LogP contribution in [-0.2, 0) is 5.88 Å². The van der Waals surface area contributed by atoms with E-state index in [9.17, 15) is 0 Å². The maximum absolute atomic E-state index is 5.90. The first-order chi connectivity index (χ1) is 8.11. The number of aryl methyl sites for hydroxylation is 1. The number of hydrogen-bond donors (Lipinski definition) is 0. The lowest BCUT2D eigenvalue weighted by Gasteiger charge is -2.40. The van der Waals surface area contributed by atoms with Crippen molar-refractivity contribution in [2.24, 2.45) is 0 Å². The minimum atomic E-state index is 0.579. The van der Waals surface area contributed by atoms with Crippen molar-refractivity contribution >= 4 is 17.3 Å². The van der Waals surface area contributed by atoms with Crippen LogP contribution in [0.4, 0.5) is 5.69 Å². The van der Waals surface area contributed by atoms with Crippen LogP contribution in [0.1, 0.15) is 18.1 Å². The maximum atomic E-state index is 5.90. The van der Waals surface area contributed by atoms with Gasteiger partial charge in [0.2, 0.25) is 0 Å². The number of alkyl halides is 1. The van der Waals surface area contributed by atoms with E-state index in [1.54, 1.807) is 0 Å². The Morgan fingerprint density at radius 3 is 2.71 bits per heavy atom. The van der Waals surface area contributed by atoms with Crippen molar-refractivity contribution in [3.8, 4) is 0 Å². The molecular formula is C14H21ClN2. The molecule has 1 aromatic rings. The first kappa shape index (κ1) is 12.7. The quantitative estimate of drug-likeness (QED) is 0.747. The number of hydrogen-bond acceptors (Lipinski definition) is 2. The van der Waals surface area contributed by atoms with Crippen LogP contribution in [0, 0.1) is 6.92 Å². The van der Waals surface area contributed by atoms with E-state index in [1.807, 2.05) is 0 Å². The predicted octanol–water partition coefficient (Wildman–Crippen LogP) is 2.87. The summed E-state index contributed by atoms with van der Waals surface area (Å²) in [4.78, 5) is 4.88. The summed E-state index contributed by atoms with van der Waals surface area (Å²) in [6.07, 6.45) is 0. The highest BCUT2D eigenvalue weighted by atomic mass is 35.5. The molecule has 1 atom stereocenters. The summed E-state index contributed by atoms with van der Waals surface area (Å²) in [5, 5.41) is 0. The van der Waals surface area contributed by atoms with Crippen LogP contribution in [0.25, 0.3) is 0 Å². The minimum Gasteiger partial charge on any atom is -0.366 e. The van der Waals surface area contributed by atoms with Gasteiger partial charge in [0, 0.05) is 37.2 Å². The first-order valence-electron chi connectivity index (χ1n) is 6.22. The average Bonchev–Trinajstić information content (AvgIpc) is 2.29. The molecule has 0 saturated carbocycles. The van der Waals surface area contributed by atoms with Crippen LogP contribution >= 0.6 is 11.6 Å². The van der Waals surface area contributed by atoms with E-state index >= 15 is 0 Å². The minimum absolute atomic E-state index is 0.579. The number of anilines is 1. The van der Waals surface area contributed by atoms with Crippen LogP contribution in [0.5, 0.6) is 0 Å². The van der Waals surface area contributed by atoms with E-state index in [2.05, 4.69) is 48.9 Å². The summed E-state index contributed by atoms with van der Waals surface area (Å²) in [6, 6.07) is 7.20. The lowest BCUT2D eigenvalue weighted by molar-refractivity contribution is 0.275. The normalized spacial score (nSPS) is 21.9. The fourth-order valence-corrected chi connectivity index (χ4v) is 2.83. The van der Waals surface area contributed by atoms with Crippen molar-refractivity contribution in [2.45, 2.75) is 25.8 Å². The van der Waals surface area contributed by atoms with Gasteiger partial charge >= 0.3 is 0 Å². The van der Waals surface area contributed by atoms with E-state index in [0.717, 1.165) is 19.6 Å². The number of piperazine rings is 1. The number of likely N-dealkylation sites (N-methyl/N-ethyl adjacent to an activating group) is 1. The summed E-state index contributed by atoms with van der Waals surface area (Å²) >= 11 is 5.90. The van der Waals surface area contributed by atoms with Crippen LogP contribution in [0.3, 0.4) is 0 Å². The molecule has 0 aromatic heterocycles. The van der Waals surface area contributed by atoms with Crippen molar-refractivity contribution < 1.29 is 0 Å². The average molecular weight is 253 g/mol. The van der Waals surface area contributed by atoms with Gasteiger partial charge in [-0.3, -0.25) is 0 Å². The SMILES string of the molecule is Cc1cc(N2CCN(C)CC2C)ccc1CCl. The van der Waals surface area contributed by atoms with Gasteiger partial charge in [-0.05, 0) is 44.2 Å². The van der Waals surface area contributed by atoms with E-state index in [1.165, 1.54) is 16.8 Å². The van der Waals surface area contributed by atoms with Crippen molar-refractivity contribution in [1.82, 2.24) is 4.90 Å². The van der Waals surface area contributed by atoms with E-state index in [-0.39, 0.29) is 0 Å². The summed E-state index contributed by atoms with van der Waals surface area (Å²) in [7, 11) is 2.19. The molecule has 1 unspecified atom stereocenters. The Bertz CT molecular complexity index is 392. The lowest BCUT2D eigenvalue weighted by Crippen LogP contribution is -2.50. The number of rotatable bonds is 2. The Morgan fingerprint density at radius 2 is 2.12 bits per heavy atom. The third-order valence-electron chi connectivity index (χ3n) is 3.63. The molecule has 1 aliphatic heterocycles. The van der Waals surface area contributed by atoms with E-state index in [4.69, 9.17) is 11.6 Å². The van der Waals surface area contributed by atoms with Gasteiger partial charge in [-0.1, -0.05) is 6.07 Å². The van der Waals surface area contributed by atoms with Crippen LogP contribution in [-0.4, -0.2) is 37.6 Å². The molecule has 0 N–H and O–H groups in total. The summed E-state index contributed by atoms with van der Waals surface area (Å²) in [5.74, 6) is 0.602. The van der Waals surface area contributed by atoms with Crippen LogP contribution < -0.4 is 4.90 Å². The zero-order chi connectivity index (χ0) is 12.4. The Kier molecular flexibility index (Phi) is 3.95. The molecule has 1 fully saturated rings. The second kappa shape index (κ2) is 5.28. The molecule has 1 saturated heterocycles. The third kappa shape index (κ3) is 2.75. The van der Waals surface area contributed by atoms with Gasteiger partial charge < -0.3 is 9.80 Å². The second-order valence-electron chi connectivity index (χ2n) is 5.05. The molecule has 0 radical (unpaired) electrons. The number of halogens is 1. The number of benzene rings is 1. The fourth-order valence-electron chi connectivity index (χ4n) is 2.53. The van der Waals surface area contributed by atoms with Gasteiger partial charge in [0.25, 0.3) is 0 Å². The fraction of sp³-hybridized carbons (Fsp3) is 0.571. The van der Waals surface area contributed by atoms with E-state index < -0.39 is 0 Å². The van der Waals surface area contributed by atoms with Crippen molar-refractivity contribution in [1.29, 1.82) is 0 Å². The molecule has 1 aliphatic rings. The molecule has 3 heteroatoms. The first-order valence-corrected chi connectivity index (χ1v) is 6.76. The molecule has 94 valence electrons. The zero-order valence-corrected chi connectivity index (χ0v) is 11.7. The van der Waals surface area contributed by atoms with Crippen LogP contribution in [0.2, 0.25) is 0 Å². The molecule has 1 heterocycles. The topological polar surface area (TPSA) is 6.48 Å². The zero-order valence-electron chi connectivity index (χ0n) is 10.9. The van der Waals surface area contributed by atoms with Crippen molar-refractivity contribution in [2.75, 3.05) is 31.6 Å². The highest BCUT2D eigenvalue weighted by Gasteiger charge is 2.21. The predicted molar refractivity (Wildman–Crippen MR) is 75.0 cm³/mol. The third-order valence-corrected chi connectivity index (χ3v) is 3.92. The van der Waals surface area contributed by atoms with Gasteiger partial charge in [-0.15, -0.1) is 11.6 Å². The second-order valence-corrected chi connectivity index (χ2v) is 5.32. The molecular weight excluding hydrogens is 232 g/mol. The van der Waals surface area contributed by atoms with Gasteiger partial charge in [-0.25, -0.2) is 0 Å². The van der Waals surface area contributed by atoms with Gasteiger partial charge in [0.1, 0.15) is 0 Å². The molecule has 0 amide bonds. The smallest absolute Gasteiger partial charge is 0.0476 e. The standard InChI is InChI=1S/C14H21ClN2/c1-11-8-14(5-4-13(11)9-15)17-7-6-16(3)10-12(17)2/h4-5,8,12H,6-7,9-10H2,1-3H3. The highest BCUT2D eigenvalue weighted by Crippen LogP contribution is 2.23. The Hall–Kier alpha value is -0.730.